The highest BCUT2D eigenvalue weighted by Gasteiger charge is 2.46. The molecule has 5 aromatic carbocycles. The van der Waals surface area contributed by atoms with Crippen LogP contribution in [-0.4, -0.2) is 98.7 Å². The molecule has 0 spiro atoms. The molecule has 1 fully saturated rings. The monoisotopic (exact) mass is 1020 g/mol. The minimum absolute atomic E-state index is 0.106. The normalized spacial score (nSPS) is 13.4. The number of hydrogen-bond donors (Lipinski definition) is 1. The molecule has 1 N–H and O–H groups in total. The number of esters is 4. The van der Waals surface area contributed by atoms with Crippen LogP contribution in [0.4, 0.5) is 0 Å². The lowest BCUT2D eigenvalue weighted by molar-refractivity contribution is -0.238. The fraction of sp³-hybridized carbons (Fsp3) is 0.362. The summed E-state index contributed by atoms with van der Waals surface area (Å²) in [5, 5.41) is 3.29. The summed E-state index contributed by atoms with van der Waals surface area (Å²) in [6.07, 6.45) is 0.765. The minimum atomic E-state index is -1.40. The summed E-state index contributed by atoms with van der Waals surface area (Å²) in [5.74, 6) is -3.97. The number of Topliss-reactive ketones (excluding diaryl/α,β-unsaturated/α-hetero) is 2. The second-order valence-electron chi connectivity index (χ2n) is 17.3. The van der Waals surface area contributed by atoms with E-state index in [9.17, 15) is 33.6 Å². The third kappa shape index (κ3) is 19.3. The molecule has 0 radical (unpaired) electrons. The van der Waals surface area contributed by atoms with Gasteiger partial charge in [-0.2, -0.15) is 0 Å². The first-order valence-corrected chi connectivity index (χ1v) is 24.4. The first-order chi connectivity index (χ1) is 35.5. The van der Waals surface area contributed by atoms with Crippen LogP contribution < -0.4 is 19.5 Å². The lowest BCUT2D eigenvalue weighted by Crippen LogP contribution is -2.48. The Kier molecular flexibility index (Phi) is 24.0. The van der Waals surface area contributed by atoms with Gasteiger partial charge < -0.3 is 43.4 Å². The molecule has 394 valence electrons. The maximum absolute atomic E-state index is 13.6. The molecule has 0 unspecified atom stereocenters. The second-order valence-corrected chi connectivity index (χ2v) is 17.3. The number of amides is 1. The summed E-state index contributed by atoms with van der Waals surface area (Å²) in [6.45, 7) is 9.31. The van der Waals surface area contributed by atoms with E-state index in [-0.39, 0.29) is 56.6 Å². The first-order valence-electron chi connectivity index (χ1n) is 24.4. The fourth-order valence-electron chi connectivity index (χ4n) is 7.50. The van der Waals surface area contributed by atoms with Crippen LogP contribution in [0.2, 0.25) is 0 Å². The summed E-state index contributed by atoms with van der Waals surface area (Å²) in [7, 11) is 4.80. The quantitative estimate of drug-likeness (QED) is 0.0378. The average Bonchev–Trinajstić information content (AvgIpc) is 3.39. The predicted octanol–water partition coefficient (Wildman–Crippen LogP) is 7.79. The molecule has 0 aromatic heterocycles. The lowest BCUT2D eigenvalue weighted by Gasteiger charge is -2.32. The molecule has 0 saturated carbocycles. The third-order valence-corrected chi connectivity index (χ3v) is 11.3. The Labute approximate surface area is 433 Å². The topological polar surface area (TPSA) is 199 Å². The van der Waals surface area contributed by atoms with Gasteiger partial charge in [-0.3, -0.25) is 28.8 Å². The van der Waals surface area contributed by atoms with Crippen LogP contribution in [0.1, 0.15) is 75.3 Å². The number of ketones is 2. The Morgan fingerprint density at radius 3 is 1.49 bits per heavy atom. The van der Waals surface area contributed by atoms with Crippen LogP contribution in [0.5, 0.6) is 17.2 Å². The van der Waals surface area contributed by atoms with Gasteiger partial charge in [-0.25, -0.2) is 4.79 Å². The van der Waals surface area contributed by atoms with Gasteiger partial charge in [0.05, 0.1) is 41.0 Å². The van der Waals surface area contributed by atoms with Crippen molar-refractivity contribution < 1.29 is 66.7 Å². The fourth-order valence-corrected chi connectivity index (χ4v) is 7.50. The van der Waals surface area contributed by atoms with E-state index in [4.69, 9.17) is 33.2 Å². The van der Waals surface area contributed by atoms with E-state index in [0.717, 1.165) is 33.6 Å². The SMILES string of the molecule is CCC(=O)C1C(=O)OC(C)(C)OC1=O.CCOC(=O)[C@H](Cc1ccccc1)N(Cc1ccc(OC)cc1)C(=O)CC(=O)Cc1ccc(OC)cc1.CCOC(=O)[C@H](Cc1ccccc1)NCc1ccc(OC)cc1. The van der Waals surface area contributed by atoms with Crippen molar-refractivity contribution >= 4 is 41.4 Å². The Morgan fingerprint density at radius 1 is 0.581 bits per heavy atom. The Hall–Kier alpha value is -7.85. The van der Waals surface area contributed by atoms with Crippen LogP contribution in [0.25, 0.3) is 0 Å². The molecule has 74 heavy (non-hydrogen) atoms. The number of cyclic esters (lactones) is 2. The van der Waals surface area contributed by atoms with E-state index in [1.165, 1.54) is 18.7 Å². The van der Waals surface area contributed by atoms with Gasteiger partial charge in [-0.15, -0.1) is 0 Å². The van der Waals surface area contributed by atoms with Gasteiger partial charge in [0.15, 0.2) is 5.78 Å². The molecule has 1 aliphatic rings. The van der Waals surface area contributed by atoms with E-state index in [2.05, 4.69) is 5.32 Å². The number of nitrogens with zero attached hydrogens (tertiary/aromatic N) is 1. The van der Waals surface area contributed by atoms with Gasteiger partial charge in [0.25, 0.3) is 5.79 Å². The van der Waals surface area contributed by atoms with Crippen molar-refractivity contribution in [2.75, 3.05) is 34.5 Å². The molecular formula is C58H68N2O14. The Bertz CT molecular complexity index is 2550. The number of rotatable bonds is 23. The maximum atomic E-state index is 13.6. The van der Waals surface area contributed by atoms with Gasteiger partial charge in [-0.1, -0.05) is 104 Å². The summed E-state index contributed by atoms with van der Waals surface area (Å²) < 4.78 is 35.6. The van der Waals surface area contributed by atoms with Crippen molar-refractivity contribution in [1.29, 1.82) is 0 Å². The van der Waals surface area contributed by atoms with Crippen molar-refractivity contribution in [3.63, 3.8) is 0 Å². The van der Waals surface area contributed by atoms with E-state index >= 15 is 0 Å². The molecule has 6 rings (SSSR count). The van der Waals surface area contributed by atoms with Crippen molar-refractivity contribution in [3.8, 4) is 17.2 Å². The third-order valence-electron chi connectivity index (χ3n) is 11.3. The van der Waals surface area contributed by atoms with Gasteiger partial charge in [0.2, 0.25) is 11.8 Å². The number of methoxy groups -OCH3 is 3. The smallest absolute Gasteiger partial charge is 0.331 e. The highest BCUT2D eigenvalue weighted by atomic mass is 16.7. The van der Waals surface area contributed by atoms with E-state index in [1.807, 2.05) is 104 Å². The van der Waals surface area contributed by atoms with Crippen molar-refractivity contribution in [3.05, 3.63) is 161 Å². The summed E-state index contributed by atoms with van der Waals surface area (Å²) in [5.41, 5.74) is 4.67. The second kappa shape index (κ2) is 30.2. The summed E-state index contributed by atoms with van der Waals surface area (Å²) >= 11 is 0. The molecule has 16 heteroatoms. The first kappa shape index (κ1) is 58.7. The van der Waals surface area contributed by atoms with Crippen LogP contribution in [-0.2, 0) is 84.9 Å². The van der Waals surface area contributed by atoms with Crippen molar-refractivity contribution in [1.82, 2.24) is 10.2 Å². The molecule has 0 bridgehead atoms. The number of carbonyl (C=O) groups excluding carboxylic acids is 7. The average molecular weight is 1020 g/mol. The van der Waals surface area contributed by atoms with Crippen molar-refractivity contribution in [2.45, 2.75) is 97.7 Å². The number of nitrogens with one attached hydrogen (secondary N) is 1. The number of carbonyl (C=O) groups is 7. The molecule has 1 amide bonds. The van der Waals surface area contributed by atoms with Crippen molar-refractivity contribution in [2.24, 2.45) is 5.92 Å². The van der Waals surface area contributed by atoms with Gasteiger partial charge in [-0.05, 0) is 84.5 Å². The van der Waals surface area contributed by atoms with Crippen LogP contribution in [0.3, 0.4) is 0 Å². The lowest BCUT2D eigenvalue weighted by atomic mass is 10.0. The highest BCUT2D eigenvalue weighted by Crippen LogP contribution is 2.25. The Balaban J connectivity index is 0.000000271. The molecule has 5 aromatic rings. The van der Waals surface area contributed by atoms with Gasteiger partial charge in [0.1, 0.15) is 35.1 Å². The zero-order valence-corrected chi connectivity index (χ0v) is 43.5. The number of ether oxygens (including phenoxy) is 7. The molecule has 2 atom stereocenters. The van der Waals surface area contributed by atoms with Crippen LogP contribution in [0, 0.1) is 5.92 Å². The summed E-state index contributed by atoms with van der Waals surface area (Å²) in [4.78, 5) is 86.9. The zero-order valence-electron chi connectivity index (χ0n) is 43.5. The molecule has 1 aliphatic heterocycles. The number of benzene rings is 5. The van der Waals surface area contributed by atoms with Gasteiger partial charge >= 0.3 is 23.9 Å². The standard InChI is InChI=1S/C30H33NO6.C19H23NO3.C9H12O5/c1-4-37-30(34)28(19-22-8-6-5-7-9-22)31(21-24-12-16-27(36-3)17-13-24)29(33)20-25(32)18-23-10-14-26(35-2)15-11-23;1-3-23-19(21)18(13-15-7-5-4-6-8-15)20-14-16-9-11-17(22-2)12-10-16;1-4-5(10)6-7(11)13-9(2,3)14-8(6)12/h5-17,28H,4,18-21H2,1-3H3;4-12,18,20H,3,13-14H2,1-2H3;6H,4H2,1-3H3/t28-;18-;/m00./s1. The number of hydrogen-bond acceptors (Lipinski definition) is 15. The summed E-state index contributed by atoms with van der Waals surface area (Å²) in [6, 6.07) is 40.3. The zero-order chi connectivity index (χ0) is 54.0. The Morgan fingerprint density at radius 2 is 1.03 bits per heavy atom. The minimum Gasteiger partial charge on any atom is -0.497 e. The molecule has 1 saturated heterocycles. The molecule has 16 nitrogen and oxygen atoms in total. The van der Waals surface area contributed by atoms with Crippen LogP contribution >= 0.6 is 0 Å². The largest absolute Gasteiger partial charge is 0.497 e. The molecule has 0 aliphatic carbocycles. The van der Waals surface area contributed by atoms with Crippen LogP contribution in [0.15, 0.2) is 133 Å². The predicted molar refractivity (Wildman–Crippen MR) is 276 cm³/mol. The van der Waals surface area contributed by atoms with E-state index in [0.29, 0.717) is 31.1 Å². The van der Waals surface area contributed by atoms with E-state index < -0.39 is 47.3 Å². The molecular weight excluding hydrogens is 949 g/mol. The maximum Gasteiger partial charge on any atom is 0.331 e. The molecule has 1 heterocycles. The van der Waals surface area contributed by atoms with E-state index in [1.54, 1.807) is 71.6 Å². The van der Waals surface area contributed by atoms with Gasteiger partial charge in [0, 0.05) is 46.2 Å². The highest BCUT2D eigenvalue weighted by molar-refractivity contribution is 6.15.